The molecule has 0 bridgehead atoms. The second-order valence-electron chi connectivity index (χ2n) is 7.56. The van der Waals surface area contributed by atoms with Gasteiger partial charge in [-0.15, -0.1) is 0 Å². The van der Waals surface area contributed by atoms with Crippen LogP contribution >= 0.6 is 0 Å². The monoisotopic (exact) mass is 417 g/mol. The summed E-state index contributed by atoms with van der Waals surface area (Å²) in [6.07, 6.45) is 4.57. The van der Waals surface area contributed by atoms with Gasteiger partial charge in [-0.25, -0.2) is 13.6 Å². The molecule has 0 unspecified atom stereocenters. The van der Waals surface area contributed by atoms with Gasteiger partial charge in [0.25, 0.3) is 0 Å². The number of ether oxygens (including phenoxy) is 1. The standard InChI is InChI=1S/C20H21F2N5O3/c1-10-7-23-9-15(25-10)20(3-4-20)27-19(29)26-17-12(8-24-18(17)28)16-13(21)5-11(30-2)6-14(16)22/h5-7,9,12,17H,3-4,8H2,1-2H3,(H,24,28)(H2,26,27,29)/t12-,17-/m0/s1. The average molecular weight is 417 g/mol. The fourth-order valence-corrected chi connectivity index (χ4v) is 3.75. The fraction of sp³-hybridized carbons (Fsp3) is 0.400. The number of carbonyl (C=O) groups is 2. The minimum Gasteiger partial charge on any atom is -0.497 e. The average Bonchev–Trinajstić information content (AvgIpc) is 3.40. The molecular formula is C20H21F2N5O3. The maximum Gasteiger partial charge on any atom is 0.316 e. The molecule has 2 aromatic rings. The van der Waals surface area contributed by atoms with Gasteiger partial charge in [-0.1, -0.05) is 0 Å². The van der Waals surface area contributed by atoms with E-state index in [1.165, 1.54) is 7.11 Å². The first-order valence-corrected chi connectivity index (χ1v) is 9.51. The number of urea groups is 1. The molecule has 1 aromatic carbocycles. The predicted octanol–water partition coefficient (Wildman–Crippen LogP) is 1.64. The lowest BCUT2D eigenvalue weighted by atomic mass is 9.93. The third kappa shape index (κ3) is 3.64. The van der Waals surface area contributed by atoms with Gasteiger partial charge in [0.2, 0.25) is 5.91 Å². The van der Waals surface area contributed by atoms with Crippen LogP contribution in [0.2, 0.25) is 0 Å². The van der Waals surface area contributed by atoms with Gasteiger partial charge < -0.3 is 20.7 Å². The molecule has 0 radical (unpaired) electrons. The molecule has 1 aliphatic heterocycles. The minimum absolute atomic E-state index is 0.00154. The lowest BCUT2D eigenvalue weighted by Crippen LogP contribution is -2.50. The number of nitrogens with zero attached hydrogens (tertiary/aromatic N) is 2. The topological polar surface area (TPSA) is 105 Å². The van der Waals surface area contributed by atoms with Crippen LogP contribution in [0.25, 0.3) is 0 Å². The maximum atomic E-state index is 14.5. The Hall–Kier alpha value is -3.30. The molecule has 2 atom stereocenters. The molecule has 4 rings (SSSR count). The molecule has 1 aliphatic carbocycles. The largest absolute Gasteiger partial charge is 0.497 e. The second kappa shape index (κ2) is 7.51. The first kappa shape index (κ1) is 20.0. The van der Waals surface area contributed by atoms with Crippen molar-refractivity contribution in [3.63, 3.8) is 0 Å². The quantitative estimate of drug-likeness (QED) is 0.686. The highest BCUT2D eigenvalue weighted by molar-refractivity contribution is 5.90. The smallest absolute Gasteiger partial charge is 0.316 e. The molecule has 3 amide bonds. The van der Waals surface area contributed by atoms with Gasteiger partial charge in [0, 0.05) is 36.4 Å². The minimum atomic E-state index is -1.12. The molecule has 30 heavy (non-hydrogen) atoms. The number of amides is 3. The summed E-state index contributed by atoms with van der Waals surface area (Å²) in [5, 5.41) is 7.96. The summed E-state index contributed by atoms with van der Waals surface area (Å²) in [5.41, 5.74) is 0.439. The van der Waals surface area contributed by atoms with Crippen LogP contribution in [0.4, 0.5) is 13.6 Å². The van der Waals surface area contributed by atoms with Crippen LogP contribution in [0.5, 0.6) is 5.75 Å². The highest BCUT2D eigenvalue weighted by atomic mass is 19.1. The van der Waals surface area contributed by atoms with Crippen LogP contribution in [0.3, 0.4) is 0 Å². The molecule has 2 heterocycles. The Morgan fingerprint density at radius 2 is 1.97 bits per heavy atom. The van der Waals surface area contributed by atoms with Crippen LogP contribution in [0, 0.1) is 18.6 Å². The van der Waals surface area contributed by atoms with E-state index in [9.17, 15) is 18.4 Å². The Balaban J connectivity index is 1.52. The number of aryl methyl sites for hydroxylation is 1. The van der Waals surface area contributed by atoms with Crippen molar-refractivity contribution < 1.29 is 23.1 Å². The summed E-state index contributed by atoms with van der Waals surface area (Å²) in [6, 6.07) is 0.362. The van der Waals surface area contributed by atoms with Crippen molar-refractivity contribution in [2.24, 2.45) is 0 Å². The summed E-state index contributed by atoms with van der Waals surface area (Å²) < 4.78 is 33.9. The van der Waals surface area contributed by atoms with Gasteiger partial charge >= 0.3 is 6.03 Å². The van der Waals surface area contributed by atoms with E-state index in [4.69, 9.17) is 4.74 Å². The number of hydrogen-bond donors (Lipinski definition) is 3. The van der Waals surface area contributed by atoms with E-state index in [1.807, 2.05) is 0 Å². The van der Waals surface area contributed by atoms with Gasteiger partial charge in [-0.05, 0) is 19.8 Å². The van der Waals surface area contributed by atoms with Crippen molar-refractivity contribution in [2.45, 2.75) is 37.3 Å². The van der Waals surface area contributed by atoms with Crippen molar-refractivity contribution >= 4 is 11.9 Å². The summed E-state index contributed by atoms with van der Waals surface area (Å²) in [6.45, 7) is 1.80. The molecule has 2 fully saturated rings. The van der Waals surface area contributed by atoms with E-state index in [1.54, 1.807) is 19.3 Å². The first-order chi connectivity index (χ1) is 14.3. The molecule has 3 N–H and O–H groups in total. The van der Waals surface area contributed by atoms with Crippen LogP contribution in [-0.2, 0) is 10.3 Å². The van der Waals surface area contributed by atoms with Crippen molar-refractivity contribution in [3.8, 4) is 5.75 Å². The van der Waals surface area contributed by atoms with Gasteiger partial charge in [0.15, 0.2) is 0 Å². The first-order valence-electron chi connectivity index (χ1n) is 9.51. The zero-order valence-corrected chi connectivity index (χ0v) is 16.5. The third-order valence-electron chi connectivity index (χ3n) is 5.47. The molecular weight excluding hydrogens is 396 g/mol. The summed E-state index contributed by atoms with van der Waals surface area (Å²) >= 11 is 0. The fourth-order valence-electron chi connectivity index (χ4n) is 3.75. The highest BCUT2D eigenvalue weighted by Gasteiger charge is 2.48. The van der Waals surface area contributed by atoms with Crippen molar-refractivity contribution in [1.29, 1.82) is 0 Å². The van der Waals surface area contributed by atoms with E-state index in [0.717, 1.165) is 17.8 Å². The van der Waals surface area contributed by atoms with E-state index in [0.29, 0.717) is 18.5 Å². The zero-order valence-electron chi connectivity index (χ0n) is 16.5. The number of benzene rings is 1. The van der Waals surface area contributed by atoms with Crippen molar-refractivity contribution in [1.82, 2.24) is 25.9 Å². The van der Waals surface area contributed by atoms with E-state index < -0.39 is 41.1 Å². The second-order valence-corrected chi connectivity index (χ2v) is 7.56. The number of methoxy groups -OCH3 is 1. The Morgan fingerprint density at radius 3 is 2.57 bits per heavy atom. The van der Waals surface area contributed by atoms with E-state index in [2.05, 4.69) is 25.9 Å². The lowest BCUT2D eigenvalue weighted by Gasteiger charge is -2.23. The molecule has 2 aliphatic rings. The lowest BCUT2D eigenvalue weighted by molar-refractivity contribution is -0.120. The Morgan fingerprint density at radius 1 is 1.27 bits per heavy atom. The predicted molar refractivity (Wildman–Crippen MR) is 102 cm³/mol. The number of hydrogen-bond acceptors (Lipinski definition) is 5. The van der Waals surface area contributed by atoms with Crippen molar-refractivity contribution in [2.75, 3.05) is 13.7 Å². The van der Waals surface area contributed by atoms with Gasteiger partial charge in [-0.2, -0.15) is 0 Å². The van der Waals surface area contributed by atoms with Crippen LogP contribution in [0.15, 0.2) is 24.5 Å². The van der Waals surface area contributed by atoms with Gasteiger partial charge in [0.1, 0.15) is 23.4 Å². The Labute approximate surface area is 171 Å². The molecule has 10 heteroatoms. The van der Waals surface area contributed by atoms with E-state index >= 15 is 0 Å². The van der Waals surface area contributed by atoms with Gasteiger partial charge in [0.05, 0.1) is 30.2 Å². The molecule has 1 saturated heterocycles. The van der Waals surface area contributed by atoms with Crippen LogP contribution in [-0.4, -0.2) is 41.6 Å². The van der Waals surface area contributed by atoms with Crippen molar-refractivity contribution in [3.05, 3.63) is 53.1 Å². The summed E-state index contributed by atoms with van der Waals surface area (Å²) in [5.74, 6) is -3.06. The summed E-state index contributed by atoms with van der Waals surface area (Å²) in [4.78, 5) is 33.5. The molecule has 158 valence electrons. The number of rotatable bonds is 5. The Bertz CT molecular complexity index is 989. The molecule has 1 saturated carbocycles. The molecule has 8 nitrogen and oxygen atoms in total. The maximum absolute atomic E-state index is 14.5. The normalized spacial score (nSPS) is 21.7. The number of aromatic nitrogens is 2. The van der Waals surface area contributed by atoms with Crippen LogP contribution < -0.4 is 20.7 Å². The number of halogens is 2. The highest BCUT2D eigenvalue weighted by Crippen LogP contribution is 2.44. The number of carbonyl (C=O) groups excluding carboxylic acids is 2. The summed E-state index contributed by atoms with van der Waals surface area (Å²) in [7, 11) is 1.30. The Kier molecular flexibility index (Phi) is 5.00. The molecule has 1 aromatic heterocycles. The van der Waals surface area contributed by atoms with E-state index in [-0.39, 0.29) is 17.9 Å². The SMILES string of the molecule is COc1cc(F)c([C@@H]2CNC(=O)[C@H]2NC(=O)NC2(c3cncc(C)n3)CC2)c(F)c1. The molecule has 0 spiro atoms. The zero-order chi connectivity index (χ0) is 21.5. The number of nitrogens with one attached hydrogen (secondary N) is 3. The van der Waals surface area contributed by atoms with Crippen LogP contribution in [0.1, 0.15) is 35.7 Å². The van der Waals surface area contributed by atoms with Gasteiger partial charge in [-0.3, -0.25) is 14.8 Å². The third-order valence-corrected chi connectivity index (χ3v) is 5.47.